The van der Waals surface area contributed by atoms with Crippen molar-refractivity contribution in [2.24, 2.45) is 11.5 Å². The van der Waals surface area contributed by atoms with Gasteiger partial charge in [0.05, 0.1) is 16.8 Å². The van der Waals surface area contributed by atoms with Crippen molar-refractivity contribution >= 4 is 17.5 Å². The van der Waals surface area contributed by atoms with Crippen LogP contribution in [-0.2, 0) is 19.5 Å². The molecule has 1 heterocycles. The van der Waals surface area contributed by atoms with Crippen LogP contribution in [0.4, 0.5) is 5.69 Å². The molecule has 1 aliphatic heterocycles. The van der Waals surface area contributed by atoms with Crippen molar-refractivity contribution in [3.8, 4) is 0 Å². The average Bonchev–Trinajstić information content (AvgIpc) is 2.38. The zero-order valence-electron chi connectivity index (χ0n) is 10.7. The van der Waals surface area contributed by atoms with Crippen LogP contribution < -0.4 is 21.7 Å². The third-order valence-electron chi connectivity index (χ3n) is 3.01. The van der Waals surface area contributed by atoms with Crippen LogP contribution in [0.2, 0.25) is 0 Å². The Kier molecular flexibility index (Phi) is 5.45. The summed E-state index contributed by atoms with van der Waals surface area (Å²) in [4.78, 5) is 24.9. The maximum absolute atomic E-state index is 11.6. The van der Waals surface area contributed by atoms with Gasteiger partial charge in [0.2, 0.25) is 5.91 Å². The summed E-state index contributed by atoms with van der Waals surface area (Å²) in [5.74, 6) is -1.27. The molecule has 6 nitrogen and oxygen atoms in total. The minimum Gasteiger partial charge on any atom is -0.368 e. The smallest absolute Gasteiger partial charge is 0.251 e. The molecular weight excluding hydrogens is 298 g/mol. The van der Waals surface area contributed by atoms with Gasteiger partial charge in [0.25, 0.3) is 5.91 Å². The van der Waals surface area contributed by atoms with E-state index in [-0.39, 0.29) is 30.6 Å². The monoisotopic (exact) mass is 312 g/mol. The summed E-state index contributed by atoms with van der Waals surface area (Å²) in [6, 6.07) is 5.02. The number of carbonyl (C=O) groups excluding carboxylic acids is 2. The van der Waals surface area contributed by atoms with Gasteiger partial charge < -0.3 is 21.7 Å². The van der Waals surface area contributed by atoms with Gasteiger partial charge in [0.15, 0.2) is 0 Å². The van der Waals surface area contributed by atoms with Crippen molar-refractivity contribution in [2.45, 2.75) is 0 Å². The van der Waals surface area contributed by atoms with Crippen LogP contribution in [0.25, 0.3) is 0 Å². The van der Waals surface area contributed by atoms with Crippen LogP contribution in [0, 0.1) is 0 Å². The van der Waals surface area contributed by atoms with Crippen molar-refractivity contribution in [1.29, 1.82) is 0 Å². The Labute approximate surface area is 124 Å². The Hall–Kier alpha value is -1.46. The number of rotatable bonds is 3. The van der Waals surface area contributed by atoms with Crippen LogP contribution in [0.5, 0.6) is 0 Å². The number of nitrogens with one attached hydrogen (secondary N) is 1. The molecule has 98 valence electrons. The van der Waals surface area contributed by atoms with E-state index in [1.807, 2.05) is 4.90 Å². The number of amides is 2. The van der Waals surface area contributed by atoms with Crippen LogP contribution in [-0.4, -0.2) is 38.0 Å². The first-order valence-corrected chi connectivity index (χ1v) is 5.79. The zero-order chi connectivity index (χ0) is 13.1. The van der Waals surface area contributed by atoms with E-state index in [1.54, 1.807) is 12.1 Å². The van der Waals surface area contributed by atoms with E-state index < -0.39 is 11.8 Å². The summed E-state index contributed by atoms with van der Waals surface area (Å²) >= 11 is 0. The van der Waals surface area contributed by atoms with E-state index in [2.05, 4.69) is 5.32 Å². The van der Waals surface area contributed by atoms with Crippen LogP contribution in [0.15, 0.2) is 18.2 Å². The van der Waals surface area contributed by atoms with Gasteiger partial charge in [-0.2, -0.15) is 0 Å². The van der Waals surface area contributed by atoms with Crippen molar-refractivity contribution in [3.05, 3.63) is 29.3 Å². The zero-order valence-corrected chi connectivity index (χ0v) is 13.7. The molecule has 0 radical (unpaired) electrons. The normalized spacial score (nSPS) is 14.6. The molecule has 2 rings (SSSR count). The molecule has 1 fully saturated rings. The third-order valence-corrected chi connectivity index (χ3v) is 3.01. The number of nitrogens with two attached hydrogens (primary N) is 2. The summed E-state index contributed by atoms with van der Waals surface area (Å²) in [7, 11) is 0. The number of hydrogen-bond donors (Lipinski definition) is 3. The number of benzene rings is 1. The molecule has 0 unspecified atom stereocenters. The summed E-state index contributed by atoms with van der Waals surface area (Å²) in [6.07, 6.45) is 0. The quantitative estimate of drug-likeness (QED) is 0.642. The molecule has 2 amide bonds. The molecule has 7 heteroatoms. The Morgan fingerprint density at radius 2 is 1.74 bits per heavy atom. The summed E-state index contributed by atoms with van der Waals surface area (Å²) in [6.45, 7) is 3.20. The topological polar surface area (TPSA) is 101 Å². The molecule has 0 saturated carbocycles. The maximum atomic E-state index is 11.6. The first-order chi connectivity index (χ1) is 8.61. The average molecular weight is 314 g/mol. The van der Waals surface area contributed by atoms with E-state index in [1.165, 1.54) is 6.07 Å². The standard InChI is InChI=1S/C12H16N4O2.Zn/c13-11(17)8-2-1-3-9(10(8)12(14)18)16-6-4-15-5-7-16;/h1-3,15H,4-7H2,(H2,13,17)(H2,14,18);. The van der Waals surface area contributed by atoms with E-state index >= 15 is 0 Å². The van der Waals surface area contributed by atoms with E-state index in [0.29, 0.717) is 5.69 Å². The van der Waals surface area contributed by atoms with Crippen LogP contribution >= 0.6 is 0 Å². The second-order valence-corrected chi connectivity index (χ2v) is 4.17. The number of carbonyl (C=O) groups is 2. The molecule has 0 aliphatic carbocycles. The van der Waals surface area contributed by atoms with Gasteiger partial charge >= 0.3 is 0 Å². The third kappa shape index (κ3) is 3.30. The van der Waals surface area contributed by atoms with E-state index in [0.717, 1.165) is 26.2 Å². The molecular formula is C12H16N4O2Zn. The van der Waals surface area contributed by atoms with Crippen molar-refractivity contribution < 1.29 is 29.1 Å². The first kappa shape index (κ1) is 15.6. The first-order valence-electron chi connectivity index (χ1n) is 5.79. The second kappa shape index (κ2) is 6.64. The van der Waals surface area contributed by atoms with Gasteiger partial charge in [0.1, 0.15) is 0 Å². The maximum Gasteiger partial charge on any atom is 0.251 e. The number of piperazine rings is 1. The summed E-state index contributed by atoms with van der Waals surface area (Å²) in [5, 5.41) is 3.22. The fourth-order valence-corrected chi connectivity index (χ4v) is 2.17. The van der Waals surface area contributed by atoms with Crippen molar-refractivity contribution in [3.63, 3.8) is 0 Å². The van der Waals surface area contributed by atoms with Crippen LogP contribution in [0.3, 0.4) is 0 Å². The SMILES string of the molecule is NC(=O)c1cccc(N2CCNCC2)c1C(N)=O.[Zn]. The Morgan fingerprint density at radius 1 is 1.11 bits per heavy atom. The number of nitrogens with zero attached hydrogens (tertiary/aromatic N) is 1. The predicted octanol–water partition coefficient (Wildman–Crippen LogP) is -0.708. The molecule has 0 bridgehead atoms. The molecule has 1 aliphatic rings. The Balaban J connectivity index is 0.00000180. The molecule has 5 N–H and O–H groups in total. The van der Waals surface area contributed by atoms with Gasteiger partial charge in [-0.25, -0.2) is 0 Å². The number of primary amides is 2. The van der Waals surface area contributed by atoms with Gasteiger partial charge in [-0.05, 0) is 12.1 Å². The molecule has 0 aromatic heterocycles. The fraction of sp³-hybridized carbons (Fsp3) is 0.333. The Morgan fingerprint density at radius 3 is 2.26 bits per heavy atom. The van der Waals surface area contributed by atoms with Gasteiger partial charge in [0, 0.05) is 45.7 Å². The molecule has 19 heavy (non-hydrogen) atoms. The largest absolute Gasteiger partial charge is 0.368 e. The summed E-state index contributed by atoms with van der Waals surface area (Å²) < 4.78 is 0. The minimum atomic E-state index is -0.638. The molecule has 0 atom stereocenters. The van der Waals surface area contributed by atoms with Gasteiger partial charge in [-0.15, -0.1) is 0 Å². The van der Waals surface area contributed by atoms with Crippen LogP contribution in [0.1, 0.15) is 20.7 Å². The van der Waals surface area contributed by atoms with Gasteiger partial charge in [-0.1, -0.05) is 6.07 Å². The minimum absolute atomic E-state index is 0. The molecule has 0 spiro atoms. The molecule has 1 saturated heterocycles. The number of hydrogen-bond acceptors (Lipinski definition) is 4. The van der Waals surface area contributed by atoms with Gasteiger partial charge in [-0.3, -0.25) is 9.59 Å². The molecule has 1 aromatic carbocycles. The summed E-state index contributed by atoms with van der Waals surface area (Å²) in [5.41, 5.74) is 11.7. The molecule has 1 aromatic rings. The van der Waals surface area contributed by atoms with E-state index in [9.17, 15) is 9.59 Å². The Bertz CT molecular complexity index is 487. The predicted molar refractivity (Wildman–Crippen MR) is 68.6 cm³/mol. The second-order valence-electron chi connectivity index (χ2n) is 4.17. The van der Waals surface area contributed by atoms with Crippen molar-refractivity contribution in [2.75, 3.05) is 31.1 Å². The fourth-order valence-electron chi connectivity index (χ4n) is 2.17. The van der Waals surface area contributed by atoms with E-state index in [4.69, 9.17) is 11.5 Å². The van der Waals surface area contributed by atoms with Crippen molar-refractivity contribution in [1.82, 2.24) is 5.32 Å². The number of anilines is 1.